The predicted octanol–water partition coefficient (Wildman–Crippen LogP) is 5.57. The minimum absolute atomic E-state index is 0.0483. The van der Waals surface area contributed by atoms with Crippen LogP contribution in [0.1, 0.15) is 74.6 Å². The third-order valence-corrected chi connectivity index (χ3v) is 5.72. The van der Waals surface area contributed by atoms with E-state index in [0.717, 1.165) is 11.1 Å². The van der Waals surface area contributed by atoms with Crippen molar-refractivity contribution in [3.8, 4) is 0 Å². The number of benzene rings is 2. The van der Waals surface area contributed by atoms with Crippen molar-refractivity contribution < 1.29 is 9.59 Å². The molecule has 0 bridgehead atoms. The first-order valence-electron chi connectivity index (χ1n) is 11.8. The van der Waals surface area contributed by atoms with E-state index in [0.29, 0.717) is 22.5 Å². The molecule has 0 aliphatic heterocycles. The van der Waals surface area contributed by atoms with Crippen LogP contribution in [0.25, 0.3) is 0 Å². The number of nitrogens with two attached hydrogens (primary N) is 1. The van der Waals surface area contributed by atoms with E-state index in [4.69, 9.17) is 5.73 Å². The average Bonchev–Trinajstić information content (AvgIpc) is 2.76. The maximum absolute atomic E-state index is 14.1. The number of nitrogens with one attached hydrogen (secondary N) is 1. The fourth-order valence-corrected chi connectivity index (χ4v) is 3.96. The monoisotopic (exact) mass is 472 g/mol. The molecule has 2 aromatic carbocycles. The lowest BCUT2D eigenvalue weighted by Gasteiger charge is -2.34. The minimum atomic E-state index is -0.923. The second-order valence-electron chi connectivity index (χ2n) is 11.0. The summed E-state index contributed by atoms with van der Waals surface area (Å²) in [5.74, 6) is -0.573. The van der Waals surface area contributed by atoms with E-state index in [2.05, 4.69) is 31.1 Å². The van der Waals surface area contributed by atoms with Gasteiger partial charge in [-0.2, -0.15) is 0 Å². The summed E-state index contributed by atoms with van der Waals surface area (Å²) in [5, 5.41) is 3.05. The highest BCUT2D eigenvalue weighted by Gasteiger charge is 2.35. The Morgan fingerprint density at radius 2 is 1.63 bits per heavy atom. The van der Waals surface area contributed by atoms with Crippen molar-refractivity contribution in [2.75, 3.05) is 10.6 Å². The van der Waals surface area contributed by atoms with Gasteiger partial charge >= 0.3 is 0 Å². The van der Waals surface area contributed by atoms with Gasteiger partial charge in [-0.15, -0.1) is 0 Å². The van der Waals surface area contributed by atoms with Crippen molar-refractivity contribution in [2.45, 2.75) is 65.5 Å². The van der Waals surface area contributed by atoms with Gasteiger partial charge in [-0.05, 0) is 80.6 Å². The number of hydrogen-bond acceptors (Lipinski definition) is 4. The van der Waals surface area contributed by atoms with Gasteiger partial charge in [-0.25, -0.2) is 0 Å². The molecule has 1 unspecified atom stereocenters. The molecule has 35 heavy (non-hydrogen) atoms. The minimum Gasteiger partial charge on any atom is -0.399 e. The van der Waals surface area contributed by atoms with Gasteiger partial charge in [0.2, 0.25) is 5.91 Å². The number of carbonyl (C=O) groups is 2. The molecule has 3 N–H and O–H groups in total. The van der Waals surface area contributed by atoms with Crippen molar-refractivity contribution >= 4 is 23.2 Å². The van der Waals surface area contributed by atoms with Crippen LogP contribution in [0.2, 0.25) is 0 Å². The van der Waals surface area contributed by atoms with Crippen LogP contribution in [0, 0.1) is 6.92 Å². The summed E-state index contributed by atoms with van der Waals surface area (Å²) >= 11 is 0. The van der Waals surface area contributed by atoms with Crippen molar-refractivity contribution in [2.24, 2.45) is 0 Å². The molecule has 3 aromatic rings. The fraction of sp³-hybridized carbons (Fsp3) is 0.345. The van der Waals surface area contributed by atoms with Gasteiger partial charge in [0, 0.05) is 40.4 Å². The highest BCUT2D eigenvalue weighted by molar-refractivity contribution is 6.11. The largest absolute Gasteiger partial charge is 0.399 e. The molecule has 2 amide bonds. The lowest BCUT2D eigenvalue weighted by atomic mass is 9.87. The van der Waals surface area contributed by atoms with Crippen LogP contribution in [-0.2, 0) is 10.2 Å². The van der Waals surface area contributed by atoms with Gasteiger partial charge in [-0.1, -0.05) is 39.0 Å². The van der Waals surface area contributed by atoms with Crippen LogP contribution in [0.3, 0.4) is 0 Å². The lowest BCUT2D eigenvalue weighted by Crippen LogP contribution is -2.49. The maximum atomic E-state index is 14.1. The molecule has 0 aliphatic rings. The van der Waals surface area contributed by atoms with Crippen LogP contribution in [-0.4, -0.2) is 22.3 Å². The molecule has 0 saturated heterocycles. The van der Waals surface area contributed by atoms with E-state index in [1.807, 2.05) is 58.0 Å². The summed E-state index contributed by atoms with van der Waals surface area (Å²) in [6, 6.07) is 15.7. The molecule has 0 aliphatic carbocycles. The second-order valence-corrected chi connectivity index (χ2v) is 11.0. The number of pyridine rings is 1. The molecule has 6 heteroatoms. The molecule has 1 atom stereocenters. The molecular formula is C29H36N4O2. The van der Waals surface area contributed by atoms with Crippen LogP contribution < -0.4 is 16.0 Å². The predicted molar refractivity (Wildman–Crippen MR) is 142 cm³/mol. The SMILES string of the molecule is Cc1cc(N)ccc1C(=O)N(c1ccc(C(C)(C)C)cc1)C(C(=O)NC(C)(C)C)c1cccnc1. The van der Waals surface area contributed by atoms with E-state index >= 15 is 0 Å². The van der Waals surface area contributed by atoms with Gasteiger partial charge in [0.15, 0.2) is 0 Å². The zero-order valence-corrected chi connectivity index (χ0v) is 21.7. The van der Waals surface area contributed by atoms with Gasteiger partial charge in [0.1, 0.15) is 6.04 Å². The number of nitrogen functional groups attached to an aromatic ring is 1. The second kappa shape index (κ2) is 9.90. The summed E-state index contributed by atoms with van der Waals surface area (Å²) in [5.41, 5.74) is 9.59. The van der Waals surface area contributed by atoms with E-state index in [1.165, 1.54) is 0 Å². The number of hydrogen-bond donors (Lipinski definition) is 2. The Labute approximate surface area is 208 Å². The highest BCUT2D eigenvalue weighted by Crippen LogP contribution is 2.33. The average molecular weight is 473 g/mol. The number of rotatable bonds is 5. The summed E-state index contributed by atoms with van der Waals surface area (Å²) in [6.07, 6.45) is 3.28. The number of anilines is 2. The Kier molecular flexibility index (Phi) is 7.34. The number of aryl methyl sites for hydroxylation is 1. The summed E-state index contributed by atoms with van der Waals surface area (Å²) in [6.45, 7) is 14.0. The smallest absolute Gasteiger partial charge is 0.259 e. The Balaban J connectivity index is 2.22. The molecule has 0 radical (unpaired) electrons. The van der Waals surface area contributed by atoms with Crippen molar-refractivity contribution in [3.63, 3.8) is 0 Å². The molecule has 1 aromatic heterocycles. The lowest BCUT2D eigenvalue weighted by molar-refractivity contribution is -0.123. The number of carbonyl (C=O) groups excluding carboxylic acids is 2. The van der Waals surface area contributed by atoms with Gasteiger partial charge < -0.3 is 11.1 Å². The van der Waals surface area contributed by atoms with Crippen molar-refractivity contribution in [3.05, 3.63) is 89.2 Å². The molecule has 0 spiro atoms. The van der Waals surface area contributed by atoms with E-state index in [9.17, 15) is 9.59 Å². The zero-order valence-electron chi connectivity index (χ0n) is 21.7. The first-order valence-corrected chi connectivity index (χ1v) is 11.8. The van der Waals surface area contributed by atoms with Gasteiger partial charge in [0.05, 0.1) is 0 Å². The van der Waals surface area contributed by atoms with Crippen molar-refractivity contribution in [1.82, 2.24) is 10.3 Å². The summed E-state index contributed by atoms with van der Waals surface area (Å²) in [4.78, 5) is 33.6. The Morgan fingerprint density at radius 1 is 0.971 bits per heavy atom. The highest BCUT2D eigenvalue weighted by atomic mass is 16.2. The van der Waals surface area contributed by atoms with E-state index < -0.39 is 11.6 Å². The number of nitrogens with zero attached hydrogens (tertiary/aromatic N) is 2. The third-order valence-electron chi connectivity index (χ3n) is 5.72. The number of amides is 2. The molecule has 3 rings (SSSR count). The summed E-state index contributed by atoms with van der Waals surface area (Å²) in [7, 11) is 0. The Hall–Kier alpha value is -3.67. The first-order chi connectivity index (χ1) is 16.3. The fourth-order valence-electron chi connectivity index (χ4n) is 3.96. The number of aromatic nitrogens is 1. The first kappa shape index (κ1) is 25.9. The zero-order chi connectivity index (χ0) is 26.0. The topological polar surface area (TPSA) is 88.3 Å². The molecule has 0 fully saturated rings. The van der Waals surface area contributed by atoms with E-state index in [-0.39, 0.29) is 17.2 Å². The van der Waals surface area contributed by atoms with Gasteiger partial charge in [-0.3, -0.25) is 19.5 Å². The molecule has 184 valence electrons. The van der Waals surface area contributed by atoms with Crippen LogP contribution in [0.4, 0.5) is 11.4 Å². The molecule has 0 saturated carbocycles. The van der Waals surface area contributed by atoms with E-state index in [1.54, 1.807) is 41.6 Å². The molecular weight excluding hydrogens is 436 g/mol. The Morgan fingerprint density at radius 3 is 2.14 bits per heavy atom. The maximum Gasteiger partial charge on any atom is 0.259 e. The quantitative estimate of drug-likeness (QED) is 0.475. The van der Waals surface area contributed by atoms with Crippen LogP contribution in [0.15, 0.2) is 67.0 Å². The normalized spacial score (nSPS) is 12.7. The van der Waals surface area contributed by atoms with Gasteiger partial charge in [0.25, 0.3) is 5.91 Å². The Bertz CT molecular complexity index is 1190. The standard InChI is InChI=1S/C29H36N4O2/c1-19-17-22(30)12-15-24(19)27(35)33(23-13-10-21(11-14-23)28(2,3)4)25(20-9-8-16-31-18-20)26(34)32-29(5,6)7/h8-18,25H,30H2,1-7H3,(H,32,34). The van der Waals surface area contributed by atoms with Crippen molar-refractivity contribution in [1.29, 1.82) is 0 Å². The molecule has 6 nitrogen and oxygen atoms in total. The van der Waals surface area contributed by atoms with Crippen LogP contribution in [0.5, 0.6) is 0 Å². The van der Waals surface area contributed by atoms with Crippen LogP contribution >= 0.6 is 0 Å². The molecule has 1 heterocycles. The summed E-state index contributed by atoms with van der Waals surface area (Å²) < 4.78 is 0. The third kappa shape index (κ3) is 6.27.